The Hall–Kier alpha value is -3.93. The number of carboxylic acids is 1. The Kier molecular flexibility index (Phi) is 38.8. The number of allylic oxidation sites excluding steroid dienone is 17. The van der Waals surface area contributed by atoms with Gasteiger partial charge in [-0.1, -0.05) is 156 Å². The molecule has 302 valence electrons. The molecule has 0 aromatic carbocycles. The van der Waals surface area contributed by atoms with Gasteiger partial charge in [0, 0.05) is 12.8 Å². The fourth-order valence-electron chi connectivity index (χ4n) is 5.39. The second-order valence-electron chi connectivity index (χ2n) is 13.5. The average molecular weight is 746 g/mol. The van der Waals surface area contributed by atoms with Crippen molar-refractivity contribution < 1.29 is 24.2 Å². The average Bonchev–Trinajstić information content (AvgIpc) is 3.16. The van der Waals surface area contributed by atoms with Crippen LogP contribution in [0.2, 0.25) is 0 Å². The lowest BCUT2D eigenvalue weighted by atomic mass is 10.1. The normalized spacial score (nSPS) is 13.2. The summed E-state index contributed by atoms with van der Waals surface area (Å²) in [4.78, 5) is 35.1. The van der Waals surface area contributed by atoms with Crippen LogP contribution in [0.4, 0.5) is 0 Å². The van der Waals surface area contributed by atoms with Crippen LogP contribution in [-0.4, -0.2) is 35.6 Å². The van der Waals surface area contributed by atoms with E-state index in [1.807, 2.05) is 6.08 Å². The molecule has 1 amide bonds. The van der Waals surface area contributed by atoms with Crippen LogP contribution in [0, 0.1) is 0 Å². The third kappa shape index (κ3) is 40.8. The summed E-state index contributed by atoms with van der Waals surface area (Å²) in [5.74, 6) is -1.44. The molecule has 0 radical (unpaired) electrons. The fourth-order valence-corrected chi connectivity index (χ4v) is 5.39. The molecular formula is C48H75NO5. The van der Waals surface area contributed by atoms with Crippen molar-refractivity contribution in [1.29, 1.82) is 0 Å². The molecule has 0 saturated heterocycles. The molecule has 0 aromatic rings. The number of rotatable bonds is 36. The molecule has 0 heterocycles. The Morgan fingerprint density at radius 1 is 0.500 bits per heavy atom. The molecule has 0 aliphatic heterocycles. The molecule has 1 unspecified atom stereocenters. The van der Waals surface area contributed by atoms with Crippen LogP contribution in [0.5, 0.6) is 0 Å². The van der Waals surface area contributed by atoms with Crippen LogP contribution in [0.25, 0.3) is 0 Å². The van der Waals surface area contributed by atoms with E-state index in [9.17, 15) is 14.4 Å². The second kappa shape index (κ2) is 41.8. The first kappa shape index (κ1) is 50.1. The van der Waals surface area contributed by atoms with E-state index < -0.39 is 5.97 Å². The Labute approximate surface area is 330 Å². The Morgan fingerprint density at radius 3 is 1.41 bits per heavy atom. The zero-order chi connectivity index (χ0) is 39.4. The highest BCUT2D eigenvalue weighted by atomic mass is 16.5. The fraction of sp³-hybridized carbons (Fsp3) is 0.562. The van der Waals surface area contributed by atoms with Gasteiger partial charge in [-0.2, -0.15) is 0 Å². The number of amides is 1. The van der Waals surface area contributed by atoms with Gasteiger partial charge in [-0.15, -0.1) is 0 Å². The predicted octanol–water partition coefficient (Wildman–Crippen LogP) is 13.1. The van der Waals surface area contributed by atoms with Crippen molar-refractivity contribution in [2.24, 2.45) is 0 Å². The molecule has 0 bridgehead atoms. The Morgan fingerprint density at radius 2 is 0.907 bits per heavy atom. The second-order valence-corrected chi connectivity index (χ2v) is 13.5. The molecule has 54 heavy (non-hydrogen) atoms. The summed E-state index contributed by atoms with van der Waals surface area (Å²) in [6.45, 7) is 3.94. The minimum absolute atomic E-state index is 0.146. The number of hydrogen-bond donors (Lipinski definition) is 2. The Balaban J connectivity index is 4.21. The van der Waals surface area contributed by atoms with Crippen molar-refractivity contribution in [3.05, 3.63) is 109 Å². The molecule has 0 aliphatic carbocycles. The minimum atomic E-state index is -1.05. The van der Waals surface area contributed by atoms with Crippen molar-refractivity contribution in [2.75, 3.05) is 6.54 Å². The van der Waals surface area contributed by atoms with Gasteiger partial charge >= 0.3 is 11.9 Å². The maximum atomic E-state index is 12.7. The van der Waals surface area contributed by atoms with Crippen LogP contribution in [-0.2, 0) is 19.1 Å². The van der Waals surface area contributed by atoms with Crippen molar-refractivity contribution in [1.82, 2.24) is 5.32 Å². The van der Waals surface area contributed by atoms with Crippen molar-refractivity contribution in [3.8, 4) is 0 Å². The third-order valence-corrected chi connectivity index (χ3v) is 8.42. The highest BCUT2D eigenvalue weighted by molar-refractivity contribution is 5.80. The molecule has 0 aliphatic rings. The molecule has 0 rings (SSSR count). The summed E-state index contributed by atoms with van der Waals surface area (Å²) in [5, 5.41) is 11.1. The number of esters is 1. The first-order valence-corrected chi connectivity index (χ1v) is 21.0. The molecule has 0 saturated carbocycles. The van der Waals surface area contributed by atoms with Gasteiger partial charge < -0.3 is 15.2 Å². The van der Waals surface area contributed by atoms with Gasteiger partial charge in [0.1, 0.15) is 12.6 Å². The number of carbonyl (C=O) groups excluding carboxylic acids is 2. The minimum Gasteiger partial charge on any atom is -0.480 e. The Bertz CT molecular complexity index is 1180. The number of hydrogen-bond acceptors (Lipinski definition) is 4. The number of aliphatic carboxylic acids is 1. The largest absolute Gasteiger partial charge is 0.480 e. The van der Waals surface area contributed by atoms with E-state index in [-0.39, 0.29) is 24.5 Å². The van der Waals surface area contributed by atoms with E-state index in [0.29, 0.717) is 25.7 Å². The zero-order valence-electron chi connectivity index (χ0n) is 34.0. The first-order valence-electron chi connectivity index (χ1n) is 21.0. The van der Waals surface area contributed by atoms with Crippen molar-refractivity contribution in [3.63, 3.8) is 0 Å². The summed E-state index contributed by atoms with van der Waals surface area (Å²) in [6, 6.07) is 0. The molecule has 2 N–H and O–H groups in total. The number of unbranched alkanes of at least 4 members (excludes halogenated alkanes) is 9. The summed E-state index contributed by atoms with van der Waals surface area (Å²) in [7, 11) is 0. The van der Waals surface area contributed by atoms with E-state index in [0.717, 1.165) is 96.3 Å². The molecule has 6 nitrogen and oxygen atoms in total. The van der Waals surface area contributed by atoms with Gasteiger partial charge in [-0.3, -0.25) is 14.4 Å². The molecule has 6 heteroatoms. The van der Waals surface area contributed by atoms with Crippen LogP contribution in [0.3, 0.4) is 0 Å². The number of carboxylic acid groups (broad SMARTS) is 1. The lowest BCUT2D eigenvalue weighted by molar-refractivity contribution is -0.147. The van der Waals surface area contributed by atoms with Crippen LogP contribution in [0.1, 0.15) is 162 Å². The predicted molar refractivity (Wildman–Crippen MR) is 230 cm³/mol. The molecule has 0 aromatic heterocycles. The topological polar surface area (TPSA) is 92.7 Å². The van der Waals surface area contributed by atoms with E-state index in [2.05, 4.69) is 122 Å². The summed E-state index contributed by atoms with van der Waals surface area (Å²) in [5.41, 5.74) is 0. The quantitative estimate of drug-likeness (QED) is 0.0378. The SMILES string of the molecule is CC/C=C\C/C=C\C/C=C\C/C=C\C/C=C\CCCCCCCCCC(=O)OC(/C=C\C/C=C\C/C=C\C/C=C\CC)CCCCCC(=O)NCC(=O)O. The third-order valence-electron chi connectivity index (χ3n) is 8.42. The molecule has 0 fully saturated rings. The number of ether oxygens (including phenoxy) is 1. The smallest absolute Gasteiger partial charge is 0.322 e. The van der Waals surface area contributed by atoms with Gasteiger partial charge in [0.2, 0.25) is 5.91 Å². The van der Waals surface area contributed by atoms with Crippen LogP contribution in [0.15, 0.2) is 109 Å². The van der Waals surface area contributed by atoms with E-state index in [1.54, 1.807) is 0 Å². The van der Waals surface area contributed by atoms with Gasteiger partial charge in [-0.25, -0.2) is 0 Å². The lowest BCUT2D eigenvalue weighted by Gasteiger charge is -2.14. The summed E-state index contributed by atoms with van der Waals surface area (Å²) in [6.07, 6.45) is 60.8. The van der Waals surface area contributed by atoms with E-state index >= 15 is 0 Å². The highest BCUT2D eigenvalue weighted by Gasteiger charge is 2.12. The number of carbonyl (C=O) groups is 3. The molecular weight excluding hydrogens is 671 g/mol. The van der Waals surface area contributed by atoms with Gasteiger partial charge in [0.05, 0.1) is 0 Å². The number of nitrogens with one attached hydrogen (secondary N) is 1. The summed E-state index contributed by atoms with van der Waals surface area (Å²) >= 11 is 0. The molecule has 1 atom stereocenters. The highest BCUT2D eigenvalue weighted by Crippen LogP contribution is 2.14. The van der Waals surface area contributed by atoms with Crippen molar-refractivity contribution >= 4 is 17.8 Å². The first-order chi connectivity index (χ1) is 26.5. The van der Waals surface area contributed by atoms with E-state index in [4.69, 9.17) is 9.84 Å². The maximum absolute atomic E-state index is 12.7. The van der Waals surface area contributed by atoms with Gasteiger partial charge in [0.15, 0.2) is 0 Å². The van der Waals surface area contributed by atoms with Gasteiger partial charge in [-0.05, 0) is 102 Å². The standard InChI is InChI=1S/C48H75NO5/c1-3-5-7-9-11-13-15-16-17-18-19-20-21-22-23-24-25-26-28-30-32-34-39-43-48(53)54-45(41-37-35-38-42-46(50)49-44-47(51)52)40-36-33-31-29-27-14-12-10-8-6-4-2/h5-8,11-14,16-17,19-20,22-23,29,31,36,40,45H,3-4,9-10,15,18,21,24-28,30,32-35,37-39,41-44H2,1-2H3,(H,49,50)(H,51,52)/b7-5-,8-6-,13-11-,14-12-,17-16-,20-19-,23-22-,31-29-,40-36-. The van der Waals surface area contributed by atoms with Crippen LogP contribution >= 0.6 is 0 Å². The lowest BCUT2D eigenvalue weighted by Crippen LogP contribution is -2.28. The zero-order valence-corrected chi connectivity index (χ0v) is 34.0. The van der Waals surface area contributed by atoms with E-state index in [1.165, 1.54) is 25.7 Å². The van der Waals surface area contributed by atoms with Gasteiger partial charge in [0.25, 0.3) is 0 Å². The monoisotopic (exact) mass is 746 g/mol. The van der Waals surface area contributed by atoms with Crippen LogP contribution < -0.4 is 5.32 Å². The maximum Gasteiger partial charge on any atom is 0.322 e. The van der Waals surface area contributed by atoms with Crippen molar-refractivity contribution in [2.45, 2.75) is 168 Å². The molecule has 0 spiro atoms. The summed E-state index contributed by atoms with van der Waals surface area (Å²) < 4.78 is 5.86.